The summed E-state index contributed by atoms with van der Waals surface area (Å²) < 4.78 is 1.31. The molecule has 0 atom stereocenters. The molecular formula is C16H11N3OS2. The average Bonchev–Trinajstić information content (AvgIpc) is 3.03. The zero-order valence-corrected chi connectivity index (χ0v) is 13.1. The van der Waals surface area contributed by atoms with Crippen LogP contribution < -0.4 is 5.73 Å². The number of nitrogens with two attached hydrogens (primary N) is 1. The molecule has 0 saturated carbocycles. The van der Waals surface area contributed by atoms with E-state index >= 15 is 0 Å². The van der Waals surface area contributed by atoms with Gasteiger partial charge in [0.25, 0.3) is 0 Å². The molecule has 0 fully saturated rings. The van der Waals surface area contributed by atoms with Crippen molar-refractivity contribution >= 4 is 29.0 Å². The van der Waals surface area contributed by atoms with Crippen molar-refractivity contribution in [3.63, 3.8) is 0 Å². The first-order valence-corrected chi connectivity index (χ1v) is 8.56. The number of thioether (sulfide) groups is 1. The molecule has 0 radical (unpaired) electrons. The number of thiophene rings is 1. The Balaban J connectivity index is 1.79. The molecule has 22 heavy (non-hydrogen) atoms. The second-order valence-electron chi connectivity index (χ2n) is 4.92. The van der Waals surface area contributed by atoms with Gasteiger partial charge >= 0.3 is 0 Å². The Morgan fingerprint density at radius 2 is 2.00 bits per heavy atom. The Morgan fingerprint density at radius 1 is 1.18 bits per heavy atom. The third kappa shape index (κ3) is 2.20. The minimum absolute atomic E-state index is 0.433. The van der Waals surface area contributed by atoms with Gasteiger partial charge < -0.3 is 5.73 Å². The van der Waals surface area contributed by atoms with E-state index in [4.69, 9.17) is 10.7 Å². The number of benzene rings is 1. The molecule has 1 aliphatic heterocycles. The maximum Gasteiger partial charge on any atom is 0.248 e. The molecule has 6 heteroatoms. The van der Waals surface area contributed by atoms with Crippen molar-refractivity contribution in [2.75, 3.05) is 0 Å². The maximum absolute atomic E-state index is 11.1. The lowest BCUT2D eigenvalue weighted by Crippen LogP contribution is -2.10. The highest BCUT2D eigenvalue weighted by atomic mass is 32.2. The number of carbonyl (C=O) groups excluding carboxylic acids is 1. The topological polar surface area (TPSA) is 68.9 Å². The third-order valence-electron chi connectivity index (χ3n) is 3.54. The third-order valence-corrected chi connectivity index (χ3v) is 5.82. The molecule has 0 aliphatic carbocycles. The minimum Gasteiger partial charge on any atom is -0.366 e. The molecule has 4 nitrogen and oxygen atoms in total. The first-order valence-electron chi connectivity index (χ1n) is 6.69. The van der Waals surface area contributed by atoms with Gasteiger partial charge in [-0.15, -0.1) is 23.1 Å². The van der Waals surface area contributed by atoms with Crippen LogP contribution in [0.2, 0.25) is 0 Å². The first kappa shape index (κ1) is 13.5. The van der Waals surface area contributed by atoms with Crippen molar-refractivity contribution in [3.8, 4) is 22.6 Å². The molecule has 3 heterocycles. The normalized spacial score (nSPS) is 12.5. The largest absolute Gasteiger partial charge is 0.366 e. The smallest absolute Gasteiger partial charge is 0.248 e. The number of fused-ring (bicyclic) bond motifs is 3. The van der Waals surface area contributed by atoms with E-state index in [-0.39, 0.29) is 0 Å². The van der Waals surface area contributed by atoms with Crippen molar-refractivity contribution < 1.29 is 4.79 Å². The fraction of sp³-hybridized carbons (Fsp3) is 0.0625. The van der Waals surface area contributed by atoms with Gasteiger partial charge in [0, 0.05) is 34.2 Å². The maximum atomic E-state index is 11.1. The molecule has 1 aromatic carbocycles. The van der Waals surface area contributed by atoms with Gasteiger partial charge in [0.1, 0.15) is 0 Å². The quantitative estimate of drug-likeness (QED) is 0.782. The molecule has 0 spiro atoms. The van der Waals surface area contributed by atoms with Crippen LogP contribution in [0.1, 0.15) is 15.9 Å². The zero-order valence-electron chi connectivity index (χ0n) is 11.4. The summed E-state index contributed by atoms with van der Waals surface area (Å²) in [4.78, 5) is 20.3. The number of rotatable bonds is 2. The molecule has 2 aromatic heterocycles. The van der Waals surface area contributed by atoms with E-state index in [0.29, 0.717) is 11.4 Å². The van der Waals surface area contributed by atoms with Crippen LogP contribution in [-0.4, -0.2) is 15.9 Å². The molecule has 4 rings (SSSR count). The number of aromatic nitrogens is 2. The van der Waals surface area contributed by atoms with Crippen molar-refractivity contribution in [2.45, 2.75) is 9.96 Å². The lowest BCUT2D eigenvalue weighted by atomic mass is 10.1. The number of hydrogen-bond acceptors (Lipinski definition) is 5. The Labute approximate surface area is 135 Å². The Kier molecular flexibility index (Phi) is 3.20. The Bertz CT molecular complexity index is 871. The van der Waals surface area contributed by atoms with E-state index in [0.717, 1.165) is 22.6 Å². The number of primary amides is 1. The summed E-state index contributed by atoms with van der Waals surface area (Å²) in [5.41, 5.74) is 9.99. The van der Waals surface area contributed by atoms with E-state index in [2.05, 4.69) is 16.4 Å². The fourth-order valence-corrected chi connectivity index (χ4v) is 4.45. The second kappa shape index (κ2) is 5.23. The molecule has 0 unspecified atom stereocenters. The monoisotopic (exact) mass is 325 g/mol. The lowest BCUT2D eigenvalue weighted by Gasteiger charge is -2.15. The van der Waals surface area contributed by atoms with Crippen LogP contribution in [-0.2, 0) is 5.75 Å². The standard InChI is InChI=1S/C16H11N3OS2/c17-14(20)9-1-3-10(4-2-9)15-18-7-11-8-22-16-12(5-6-21-16)13(11)19-15/h1-7H,8H2,(H2,17,20). The SMILES string of the molecule is NC(=O)c1ccc(-c2ncc3c(n2)-c2ccsc2SC3)cc1. The molecule has 0 bridgehead atoms. The molecule has 3 aromatic rings. The summed E-state index contributed by atoms with van der Waals surface area (Å²) in [5, 5.41) is 2.09. The molecular weight excluding hydrogens is 314 g/mol. The Hall–Kier alpha value is -2.18. The van der Waals surface area contributed by atoms with Crippen LogP contribution in [0.25, 0.3) is 22.6 Å². The summed E-state index contributed by atoms with van der Waals surface area (Å²) in [6.07, 6.45) is 1.90. The van der Waals surface area contributed by atoms with E-state index in [1.54, 1.807) is 23.5 Å². The highest BCUT2D eigenvalue weighted by molar-refractivity contribution is 8.00. The van der Waals surface area contributed by atoms with E-state index in [9.17, 15) is 4.79 Å². The van der Waals surface area contributed by atoms with Gasteiger partial charge in [-0.05, 0) is 23.6 Å². The highest BCUT2D eigenvalue weighted by Gasteiger charge is 2.20. The van der Waals surface area contributed by atoms with Crippen molar-refractivity contribution in [1.82, 2.24) is 9.97 Å². The van der Waals surface area contributed by atoms with Crippen LogP contribution in [0.5, 0.6) is 0 Å². The average molecular weight is 325 g/mol. The van der Waals surface area contributed by atoms with Gasteiger partial charge in [-0.1, -0.05) is 12.1 Å². The van der Waals surface area contributed by atoms with E-state index < -0.39 is 5.91 Å². The highest BCUT2D eigenvalue weighted by Crippen LogP contribution is 2.43. The first-order chi connectivity index (χ1) is 10.7. The van der Waals surface area contributed by atoms with E-state index in [1.807, 2.05) is 30.1 Å². The second-order valence-corrected chi connectivity index (χ2v) is 7.08. The van der Waals surface area contributed by atoms with Gasteiger partial charge in [0.2, 0.25) is 5.91 Å². The van der Waals surface area contributed by atoms with Gasteiger partial charge in [0.15, 0.2) is 5.82 Å². The summed E-state index contributed by atoms with van der Waals surface area (Å²) in [7, 11) is 0. The summed E-state index contributed by atoms with van der Waals surface area (Å²) in [6.45, 7) is 0. The summed E-state index contributed by atoms with van der Waals surface area (Å²) >= 11 is 3.58. The zero-order chi connectivity index (χ0) is 15.1. The Morgan fingerprint density at radius 3 is 2.77 bits per heavy atom. The summed E-state index contributed by atoms with van der Waals surface area (Å²) in [5.74, 6) is 1.14. The van der Waals surface area contributed by atoms with Crippen LogP contribution in [0.3, 0.4) is 0 Å². The van der Waals surface area contributed by atoms with E-state index in [1.165, 1.54) is 9.77 Å². The van der Waals surface area contributed by atoms with Gasteiger partial charge in [-0.25, -0.2) is 9.97 Å². The fourth-order valence-electron chi connectivity index (χ4n) is 2.39. The van der Waals surface area contributed by atoms with Crippen molar-refractivity contribution in [3.05, 3.63) is 53.0 Å². The van der Waals surface area contributed by atoms with Crippen LogP contribution in [0.15, 0.2) is 46.1 Å². The minimum atomic E-state index is -0.433. The molecule has 108 valence electrons. The number of nitrogens with zero attached hydrogens (tertiary/aromatic N) is 2. The molecule has 0 saturated heterocycles. The number of carbonyl (C=O) groups is 1. The van der Waals surface area contributed by atoms with Crippen LogP contribution >= 0.6 is 23.1 Å². The molecule has 2 N–H and O–H groups in total. The van der Waals surface area contributed by atoms with Gasteiger partial charge in [0.05, 0.1) is 9.90 Å². The van der Waals surface area contributed by atoms with Crippen LogP contribution in [0.4, 0.5) is 0 Å². The molecule has 1 aliphatic rings. The lowest BCUT2D eigenvalue weighted by molar-refractivity contribution is 0.100. The van der Waals surface area contributed by atoms with Crippen LogP contribution in [0, 0.1) is 0 Å². The number of hydrogen-bond donors (Lipinski definition) is 1. The number of amides is 1. The van der Waals surface area contributed by atoms with Crippen molar-refractivity contribution in [2.24, 2.45) is 5.73 Å². The van der Waals surface area contributed by atoms with Gasteiger partial charge in [-0.2, -0.15) is 0 Å². The summed E-state index contributed by atoms with van der Waals surface area (Å²) in [6, 6.07) is 9.17. The van der Waals surface area contributed by atoms with Crippen molar-refractivity contribution in [1.29, 1.82) is 0 Å². The molecule has 1 amide bonds. The predicted molar refractivity (Wildman–Crippen MR) is 88.9 cm³/mol. The van der Waals surface area contributed by atoms with Gasteiger partial charge in [-0.3, -0.25) is 4.79 Å². The predicted octanol–water partition coefficient (Wildman–Crippen LogP) is 3.58.